The Balaban J connectivity index is 3.19. The van der Waals surface area contributed by atoms with E-state index in [4.69, 9.17) is 5.21 Å². The van der Waals surface area contributed by atoms with E-state index in [2.05, 4.69) is 5.16 Å². The zero-order valence-corrected chi connectivity index (χ0v) is 11.0. The largest absolute Gasteiger partial charge is 0.411 e. The second-order valence-corrected chi connectivity index (χ2v) is 5.19. The normalized spacial score (nSPS) is 12.6. The molecule has 0 saturated heterocycles. The molecule has 0 bridgehead atoms. The Hall–Kier alpha value is -1.49. The molecule has 0 atom stereocenters. The van der Waals surface area contributed by atoms with Crippen molar-refractivity contribution >= 4 is 6.21 Å². The summed E-state index contributed by atoms with van der Waals surface area (Å²) in [6.45, 7) is 6.16. The summed E-state index contributed by atoms with van der Waals surface area (Å²) in [7, 11) is 1.82. The molecular weight excluding hydrogens is 238 g/mol. The van der Waals surface area contributed by atoms with Gasteiger partial charge >= 0.3 is 0 Å². The van der Waals surface area contributed by atoms with E-state index in [1.165, 1.54) is 0 Å². The number of halogens is 2. The Labute approximate surface area is 106 Å². The molecule has 1 rings (SSSR count). The number of benzene rings is 1. The van der Waals surface area contributed by atoms with Crippen LogP contribution in [0.5, 0.6) is 0 Å². The molecule has 0 unspecified atom stereocenters. The van der Waals surface area contributed by atoms with Gasteiger partial charge in [0.05, 0.1) is 6.21 Å². The summed E-state index contributed by atoms with van der Waals surface area (Å²) in [5.74, 6) is -1.12. The van der Waals surface area contributed by atoms with Crippen molar-refractivity contribution < 1.29 is 14.0 Å². The predicted molar refractivity (Wildman–Crippen MR) is 67.0 cm³/mol. The van der Waals surface area contributed by atoms with E-state index < -0.39 is 11.6 Å². The third kappa shape index (κ3) is 3.26. The predicted octanol–water partition coefficient (Wildman–Crippen LogP) is 3.00. The maximum absolute atomic E-state index is 13.8. The van der Waals surface area contributed by atoms with Gasteiger partial charge in [0.25, 0.3) is 0 Å². The van der Waals surface area contributed by atoms with Gasteiger partial charge in [0.1, 0.15) is 11.6 Å². The molecule has 0 aliphatic carbocycles. The number of hydrogen-bond acceptors (Lipinski definition) is 3. The van der Waals surface area contributed by atoms with Gasteiger partial charge in [-0.3, -0.25) is 4.90 Å². The van der Waals surface area contributed by atoms with Crippen molar-refractivity contribution in [3.8, 4) is 0 Å². The summed E-state index contributed by atoms with van der Waals surface area (Å²) in [5.41, 5.74) is -0.00864. The number of nitrogens with zero attached hydrogens (tertiary/aromatic N) is 2. The molecule has 0 aliphatic heterocycles. The van der Waals surface area contributed by atoms with E-state index in [9.17, 15) is 8.78 Å². The molecular formula is C13H18F2N2O. The SMILES string of the molecule is CN(Cc1c(F)ccc(F)c1/C=N/O)C(C)(C)C. The minimum Gasteiger partial charge on any atom is -0.411 e. The van der Waals surface area contributed by atoms with Gasteiger partial charge in [0.15, 0.2) is 0 Å². The van der Waals surface area contributed by atoms with Crippen molar-refractivity contribution in [3.05, 3.63) is 34.9 Å². The first-order valence-electron chi connectivity index (χ1n) is 5.63. The minimum atomic E-state index is -0.605. The molecule has 100 valence electrons. The van der Waals surface area contributed by atoms with E-state index in [0.717, 1.165) is 18.3 Å². The molecule has 0 amide bonds. The van der Waals surface area contributed by atoms with E-state index >= 15 is 0 Å². The molecule has 0 radical (unpaired) electrons. The number of oxime groups is 1. The van der Waals surface area contributed by atoms with Gasteiger partial charge in [-0.2, -0.15) is 0 Å². The van der Waals surface area contributed by atoms with Gasteiger partial charge in [0.2, 0.25) is 0 Å². The first kappa shape index (κ1) is 14.6. The molecule has 0 saturated carbocycles. The molecule has 5 heteroatoms. The molecule has 1 aromatic rings. The average molecular weight is 256 g/mol. The topological polar surface area (TPSA) is 35.8 Å². The summed E-state index contributed by atoms with van der Waals surface area (Å²) < 4.78 is 27.3. The molecule has 1 N–H and O–H groups in total. The fourth-order valence-electron chi connectivity index (χ4n) is 1.44. The zero-order chi connectivity index (χ0) is 13.9. The summed E-state index contributed by atoms with van der Waals surface area (Å²) in [6, 6.07) is 2.10. The van der Waals surface area contributed by atoms with Crippen LogP contribution in [0.1, 0.15) is 31.9 Å². The van der Waals surface area contributed by atoms with E-state index in [-0.39, 0.29) is 23.2 Å². The molecule has 1 aromatic carbocycles. The average Bonchev–Trinajstić information content (AvgIpc) is 2.26. The van der Waals surface area contributed by atoms with Gasteiger partial charge < -0.3 is 5.21 Å². The van der Waals surface area contributed by atoms with Crippen molar-refractivity contribution in [1.82, 2.24) is 4.90 Å². The van der Waals surface area contributed by atoms with Gasteiger partial charge in [-0.25, -0.2) is 8.78 Å². The van der Waals surface area contributed by atoms with Gasteiger partial charge in [0, 0.05) is 23.2 Å². The van der Waals surface area contributed by atoms with Crippen molar-refractivity contribution in [1.29, 1.82) is 0 Å². The Kier molecular flexibility index (Phi) is 4.40. The van der Waals surface area contributed by atoms with Crippen LogP contribution in [0.25, 0.3) is 0 Å². The van der Waals surface area contributed by atoms with Crippen molar-refractivity contribution in [2.45, 2.75) is 32.9 Å². The second-order valence-electron chi connectivity index (χ2n) is 5.19. The van der Waals surface area contributed by atoms with Crippen LogP contribution < -0.4 is 0 Å². The zero-order valence-electron chi connectivity index (χ0n) is 11.0. The summed E-state index contributed by atoms with van der Waals surface area (Å²) in [4.78, 5) is 1.89. The highest BCUT2D eigenvalue weighted by molar-refractivity contribution is 5.81. The van der Waals surface area contributed by atoms with Crippen LogP contribution in [-0.4, -0.2) is 28.9 Å². The first-order valence-corrected chi connectivity index (χ1v) is 5.63. The smallest absolute Gasteiger partial charge is 0.132 e. The fraction of sp³-hybridized carbons (Fsp3) is 0.462. The van der Waals surface area contributed by atoms with Crippen LogP contribution in [0.2, 0.25) is 0 Å². The maximum Gasteiger partial charge on any atom is 0.132 e. The highest BCUT2D eigenvalue weighted by atomic mass is 19.1. The molecule has 0 heterocycles. The lowest BCUT2D eigenvalue weighted by atomic mass is 10.0. The van der Waals surface area contributed by atoms with Crippen LogP contribution >= 0.6 is 0 Å². The standard InChI is InChI=1S/C13H18F2N2O/c1-13(2,3)17(4)8-10-9(7-16-18)11(14)5-6-12(10)15/h5-7,18H,8H2,1-4H3/b16-7+. The molecule has 3 nitrogen and oxygen atoms in total. The molecule has 0 fully saturated rings. The fourth-order valence-corrected chi connectivity index (χ4v) is 1.44. The van der Waals surface area contributed by atoms with Crippen LogP contribution in [0.3, 0.4) is 0 Å². The van der Waals surface area contributed by atoms with Crippen LogP contribution in [0.4, 0.5) is 8.78 Å². The highest BCUT2D eigenvalue weighted by Crippen LogP contribution is 2.21. The van der Waals surface area contributed by atoms with Crippen molar-refractivity contribution in [2.24, 2.45) is 5.16 Å². The maximum atomic E-state index is 13.8. The summed E-state index contributed by atoms with van der Waals surface area (Å²) in [6.07, 6.45) is 0.921. The van der Waals surface area contributed by atoms with Crippen LogP contribution in [0.15, 0.2) is 17.3 Å². The number of hydrogen-bond donors (Lipinski definition) is 1. The molecule has 0 aromatic heterocycles. The summed E-state index contributed by atoms with van der Waals surface area (Å²) in [5, 5.41) is 11.3. The minimum absolute atomic E-state index is 0.0198. The lowest BCUT2D eigenvalue weighted by Crippen LogP contribution is -2.38. The molecule has 18 heavy (non-hydrogen) atoms. The number of rotatable bonds is 3. The third-order valence-electron chi connectivity index (χ3n) is 2.97. The lowest BCUT2D eigenvalue weighted by Gasteiger charge is -2.32. The van der Waals surface area contributed by atoms with Crippen molar-refractivity contribution in [2.75, 3.05) is 7.05 Å². The quantitative estimate of drug-likeness (QED) is 0.512. The molecule has 0 aliphatic rings. The van der Waals surface area contributed by atoms with Crippen LogP contribution in [-0.2, 0) is 6.54 Å². The van der Waals surface area contributed by atoms with Gasteiger partial charge in [-0.05, 0) is 40.0 Å². The second kappa shape index (κ2) is 5.44. The van der Waals surface area contributed by atoms with Crippen LogP contribution in [0, 0.1) is 11.6 Å². The third-order valence-corrected chi connectivity index (χ3v) is 2.97. The Morgan fingerprint density at radius 1 is 1.28 bits per heavy atom. The highest BCUT2D eigenvalue weighted by Gasteiger charge is 2.21. The lowest BCUT2D eigenvalue weighted by molar-refractivity contribution is 0.165. The van der Waals surface area contributed by atoms with Crippen molar-refractivity contribution in [3.63, 3.8) is 0 Å². The van der Waals surface area contributed by atoms with E-state index in [1.54, 1.807) is 0 Å². The summed E-state index contributed by atoms with van der Waals surface area (Å²) >= 11 is 0. The monoisotopic (exact) mass is 256 g/mol. The van der Waals surface area contributed by atoms with E-state index in [1.807, 2.05) is 32.7 Å². The van der Waals surface area contributed by atoms with Gasteiger partial charge in [-0.15, -0.1) is 0 Å². The van der Waals surface area contributed by atoms with Gasteiger partial charge in [-0.1, -0.05) is 5.16 Å². The first-order chi connectivity index (χ1) is 8.27. The van der Waals surface area contributed by atoms with E-state index in [0.29, 0.717) is 0 Å². The Morgan fingerprint density at radius 2 is 1.83 bits per heavy atom. The molecule has 0 spiro atoms. The Morgan fingerprint density at radius 3 is 2.33 bits per heavy atom. The Bertz CT molecular complexity index is 453.